The molecule has 160 valence electrons. The van der Waals surface area contributed by atoms with E-state index in [1.165, 1.54) is 13.3 Å². The average molecular weight is 436 g/mol. The van der Waals surface area contributed by atoms with Gasteiger partial charge in [-0.05, 0) is 25.0 Å². The molecule has 3 aromatic rings. The van der Waals surface area contributed by atoms with Crippen molar-refractivity contribution in [3.63, 3.8) is 0 Å². The zero-order valence-corrected chi connectivity index (χ0v) is 17.2. The van der Waals surface area contributed by atoms with Crippen LogP contribution in [0.3, 0.4) is 0 Å². The average Bonchev–Trinajstić information content (AvgIpc) is 3.47. The van der Waals surface area contributed by atoms with Crippen LogP contribution in [0.1, 0.15) is 25.1 Å². The highest BCUT2D eigenvalue weighted by molar-refractivity contribution is 7.93. The number of aromatic amines is 1. The van der Waals surface area contributed by atoms with Crippen LogP contribution in [0.25, 0.3) is 11.2 Å². The Bertz CT molecular complexity index is 1200. The van der Waals surface area contributed by atoms with Gasteiger partial charge in [0.1, 0.15) is 17.6 Å². The molecule has 11 heteroatoms. The number of alkyl halides is 2. The van der Waals surface area contributed by atoms with E-state index in [-0.39, 0.29) is 17.1 Å². The summed E-state index contributed by atoms with van der Waals surface area (Å²) in [6, 6.07) is 8.54. The molecule has 0 bridgehead atoms. The summed E-state index contributed by atoms with van der Waals surface area (Å²) < 4.78 is 43.2. The van der Waals surface area contributed by atoms with Crippen LogP contribution < -0.4 is 10.6 Å². The van der Waals surface area contributed by atoms with Crippen LogP contribution in [-0.2, 0) is 9.73 Å². The second kappa shape index (κ2) is 7.80. The summed E-state index contributed by atoms with van der Waals surface area (Å²) in [4.78, 5) is 11.2. The van der Waals surface area contributed by atoms with Crippen molar-refractivity contribution in [1.29, 1.82) is 0 Å². The van der Waals surface area contributed by atoms with Crippen LogP contribution in [0.2, 0.25) is 0 Å². The number of fused-ring (bicyclic) bond motifs is 1. The SMILES string of the molecule is CN=[S@@](C)(=O)c1ccccc1Nc1cc(NC(O)C2CC2)nc2nc(C(F)F)[nH]c12. The Labute approximate surface area is 172 Å². The van der Waals surface area contributed by atoms with E-state index in [9.17, 15) is 18.1 Å². The Morgan fingerprint density at radius 3 is 2.67 bits per heavy atom. The van der Waals surface area contributed by atoms with Gasteiger partial charge in [-0.1, -0.05) is 12.1 Å². The Balaban J connectivity index is 1.80. The number of para-hydroxylation sites is 1. The molecule has 0 spiro atoms. The van der Waals surface area contributed by atoms with Crippen molar-refractivity contribution < 1.29 is 18.1 Å². The molecule has 0 aliphatic heterocycles. The number of rotatable bonds is 7. The molecule has 2 heterocycles. The van der Waals surface area contributed by atoms with Gasteiger partial charge in [0.25, 0.3) is 6.43 Å². The van der Waals surface area contributed by atoms with E-state index in [1.807, 2.05) is 0 Å². The lowest BCUT2D eigenvalue weighted by Gasteiger charge is -2.16. The van der Waals surface area contributed by atoms with Crippen molar-refractivity contribution in [2.45, 2.75) is 30.4 Å². The fourth-order valence-electron chi connectivity index (χ4n) is 3.11. The number of pyridine rings is 1. The quantitative estimate of drug-likeness (QED) is 0.418. The summed E-state index contributed by atoms with van der Waals surface area (Å²) in [6.45, 7) is 0. The number of nitrogens with one attached hydrogen (secondary N) is 3. The van der Waals surface area contributed by atoms with Crippen molar-refractivity contribution in [2.24, 2.45) is 10.3 Å². The summed E-state index contributed by atoms with van der Waals surface area (Å²) in [5.74, 6) is -0.0606. The molecule has 1 fully saturated rings. The number of aromatic nitrogens is 3. The standard InChI is InChI=1S/C19H22F2N6O2S/c1-22-30(2,29)13-6-4-3-5-11(13)23-12-9-14(25-19(28)10-7-8-10)24-17-15(12)26-18(27-17)16(20)21/h3-6,9-10,16,19,28H,7-8H2,1-2H3,(H3,23,24,25,26,27)/t19?,30-/m0/s1. The van der Waals surface area contributed by atoms with Crippen LogP contribution in [0, 0.1) is 5.92 Å². The Morgan fingerprint density at radius 2 is 2.00 bits per heavy atom. The van der Waals surface area contributed by atoms with E-state index < -0.39 is 28.2 Å². The van der Waals surface area contributed by atoms with Gasteiger partial charge in [-0.25, -0.2) is 27.3 Å². The number of aliphatic hydroxyl groups excluding tert-OH is 1. The molecule has 1 saturated carbocycles. The van der Waals surface area contributed by atoms with E-state index in [2.05, 4.69) is 29.9 Å². The molecule has 0 saturated heterocycles. The summed E-state index contributed by atoms with van der Waals surface area (Å²) in [6.07, 6.45) is -0.214. The molecule has 8 nitrogen and oxygen atoms in total. The van der Waals surface area contributed by atoms with Crippen LogP contribution in [0.5, 0.6) is 0 Å². The van der Waals surface area contributed by atoms with Crippen molar-refractivity contribution in [1.82, 2.24) is 15.0 Å². The minimum absolute atomic E-state index is 0.0793. The fraction of sp³-hybridized carbons (Fsp3) is 0.368. The van der Waals surface area contributed by atoms with Gasteiger partial charge in [-0.3, -0.25) is 0 Å². The minimum Gasteiger partial charge on any atom is -0.373 e. The third-order valence-corrected chi connectivity index (χ3v) is 6.83. The summed E-state index contributed by atoms with van der Waals surface area (Å²) in [5, 5.41) is 16.3. The van der Waals surface area contributed by atoms with Crippen molar-refractivity contribution in [3.05, 3.63) is 36.2 Å². The molecule has 30 heavy (non-hydrogen) atoms. The van der Waals surface area contributed by atoms with Gasteiger partial charge in [0.15, 0.2) is 11.5 Å². The van der Waals surface area contributed by atoms with Gasteiger partial charge in [-0.15, -0.1) is 0 Å². The number of nitrogens with zero attached hydrogens (tertiary/aromatic N) is 3. The lowest BCUT2D eigenvalue weighted by atomic mass is 10.2. The highest BCUT2D eigenvalue weighted by Gasteiger charge is 2.30. The van der Waals surface area contributed by atoms with E-state index in [1.54, 1.807) is 30.3 Å². The Morgan fingerprint density at radius 1 is 1.27 bits per heavy atom. The third-order valence-electron chi connectivity index (χ3n) is 4.96. The first-order valence-corrected chi connectivity index (χ1v) is 11.3. The fourth-order valence-corrected chi connectivity index (χ4v) is 4.16. The molecule has 2 aromatic heterocycles. The molecule has 1 aliphatic rings. The number of hydrogen-bond donors (Lipinski definition) is 4. The molecule has 4 rings (SSSR count). The van der Waals surface area contributed by atoms with Crippen molar-refractivity contribution in [3.8, 4) is 0 Å². The number of aliphatic hydroxyl groups is 1. The van der Waals surface area contributed by atoms with Gasteiger partial charge < -0.3 is 20.7 Å². The maximum absolute atomic E-state index is 13.2. The molecule has 0 radical (unpaired) electrons. The highest BCUT2D eigenvalue weighted by atomic mass is 32.2. The number of benzene rings is 1. The first kappa shape index (κ1) is 20.5. The molecule has 1 aromatic carbocycles. The number of H-pyrrole nitrogens is 1. The summed E-state index contributed by atoms with van der Waals surface area (Å²) in [5.41, 5.74) is 1.28. The normalized spacial score (nSPS) is 17.0. The van der Waals surface area contributed by atoms with Gasteiger partial charge in [0.2, 0.25) is 0 Å². The van der Waals surface area contributed by atoms with Crippen molar-refractivity contribution in [2.75, 3.05) is 23.9 Å². The third kappa shape index (κ3) is 4.08. The predicted molar refractivity (Wildman–Crippen MR) is 112 cm³/mol. The molecule has 1 aliphatic carbocycles. The number of imidazole rings is 1. The van der Waals surface area contributed by atoms with Crippen LogP contribution in [0.4, 0.5) is 26.0 Å². The topological polar surface area (TPSA) is 115 Å². The van der Waals surface area contributed by atoms with E-state index in [0.29, 0.717) is 22.1 Å². The second-order valence-electron chi connectivity index (χ2n) is 7.21. The maximum atomic E-state index is 13.2. The Kier molecular flexibility index (Phi) is 5.33. The van der Waals surface area contributed by atoms with Crippen LogP contribution >= 0.6 is 0 Å². The Hall–Kier alpha value is -2.79. The smallest absolute Gasteiger partial charge is 0.295 e. The lowest BCUT2D eigenvalue weighted by Crippen LogP contribution is -2.21. The van der Waals surface area contributed by atoms with E-state index in [0.717, 1.165) is 12.8 Å². The second-order valence-corrected chi connectivity index (χ2v) is 9.62. The number of hydrogen-bond acceptors (Lipinski definition) is 7. The van der Waals surface area contributed by atoms with Gasteiger partial charge in [0, 0.05) is 25.3 Å². The highest BCUT2D eigenvalue weighted by Crippen LogP contribution is 2.35. The largest absolute Gasteiger partial charge is 0.373 e. The predicted octanol–water partition coefficient (Wildman–Crippen LogP) is 3.87. The monoisotopic (exact) mass is 436 g/mol. The first-order valence-electron chi connectivity index (χ1n) is 9.38. The lowest BCUT2D eigenvalue weighted by molar-refractivity contribution is 0.142. The molecular formula is C19H22F2N6O2S. The van der Waals surface area contributed by atoms with Gasteiger partial charge in [0.05, 0.1) is 26.0 Å². The zero-order valence-electron chi connectivity index (χ0n) is 16.4. The maximum Gasteiger partial charge on any atom is 0.295 e. The minimum atomic E-state index is -2.79. The zero-order chi connectivity index (χ0) is 21.5. The molecule has 0 amide bonds. The van der Waals surface area contributed by atoms with Crippen LogP contribution in [-0.4, -0.2) is 43.8 Å². The first-order chi connectivity index (χ1) is 14.3. The molecule has 2 atom stereocenters. The van der Waals surface area contributed by atoms with Gasteiger partial charge >= 0.3 is 0 Å². The van der Waals surface area contributed by atoms with E-state index >= 15 is 0 Å². The molecule has 4 N–H and O–H groups in total. The summed E-state index contributed by atoms with van der Waals surface area (Å²) in [7, 11) is -1.17. The summed E-state index contributed by atoms with van der Waals surface area (Å²) >= 11 is 0. The molecular weight excluding hydrogens is 414 g/mol. The molecule has 1 unspecified atom stereocenters. The van der Waals surface area contributed by atoms with Gasteiger partial charge in [-0.2, -0.15) is 0 Å². The van der Waals surface area contributed by atoms with E-state index in [4.69, 9.17) is 0 Å². The number of halogens is 2. The van der Waals surface area contributed by atoms with Crippen molar-refractivity contribution >= 4 is 38.1 Å². The van der Waals surface area contributed by atoms with Crippen LogP contribution in [0.15, 0.2) is 39.6 Å². The number of anilines is 3.